The second kappa shape index (κ2) is 6.09. The molecule has 0 aliphatic carbocycles. The van der Waals surface area contributed by atoms with Crippen molar-refractivity contribution < 1.29 is 9.26 Å². The molecular weight excluding hydrogens is 302 g/mol. The molecule has 2 atom stereocenters. The number of hydrogen-bond acceptors (Lipinski definition) is 5. The standard InChI is InChI=1S/C19H19N3O2/c1-12(17(20)13-5-3-2-4-6-13)19-21-18(22-24-19)15-7-8-16-14(11-15)9-10-23-16/h2-8,11-12,17H,9-10,20H2,1H3. The Bertz CT molecular complexity index is 845. The highest BCUT2D eigenvalue weighted by atomic mass is 16.5. The quantitative estimate of drug-likeness (QED) is 0.796. The Morgan fingerprint density at radius 3 is 2.79 bits per heavy atom. The van der Waals surface area contributed by atoms with Gasteiger partial charge in [-0.15, -0.1) is 0 Å². The summed E-state index contributed by atoms with van der Waals surface area (Å²) in [7, 11) is 0. The second-order valence-corrected chi connectivity index (χ2v) is 6.10. The predicted octanol–water partition coefficient (Wildman–Crippen LogP) is 3.48. The summed E-state index contributed by atoms with van der Waals surface area (Å²) in [5.41, 5.74) is 9.53. The van der Waals surface area contributed by atoms with Gasteiger partial charge in [0.05, 0.1) is 12.5 Å². The summed E-state index contributed by atoms with van der Waals surface area (Å²) in [4.78, 5) is 4.55. The molecule has 5 nitrogen and oxygen atoms in total. The number of benzene rings is 2. The number of fused-ring (bicyclic) bond motifs is 1. The average Bonchev–Trinajstić information content (AvgIpc) is 3.29. The molecule has 1 aliphatic rings. The van der Waals surface area contributed by atoms with Gasteiger partial charge in [-0.25, -0.2) is 0 Å². The van der Waals surface area contributed by atoms with Gasteiger partial charge in [0.15, 0.2) is 0 Å². The second-order valence-electron chi connectivity index (χ2n) is 6.10. The van der Waals surface area contributed by atoms with Crippen molar-refractivity contribution in [3.05, 3.63) is 65.5 Å². The van der Waals surface area contributed by atoms with Crippen LogP contribution in [0.4, 0.5) is 0 Å². The van der Waals surface area contributed by atoms with Crippen LogP contribution in [-0.2, 0) is 6.42 Å². The van der Waals surface area contributed by atoms with Crippen LogP contribution in [0.1, 0.15) is 35.9 Å². The fourth-order valence-corrected chi connectivity index (χ4v) is 2.98. The maximum Gasteiger partial charge on any atom is 0.231 e. The van der Waals surface area contributed by atoms with E-state index in [2.05, 4.69) is 16.2 Å². The van der Waals surface area contributed by atoms with Crippen LogP contribution in [0.2, 0.25) is 0 Å². The molecule has 0 spiro atoms. The van der Waals surface area contributed by atoms with Crippen molar-refractivity contribution in [3.8, 4) is 17.1 Å². The SMILES string of the molecule is CC(c1nc(-c2ccc3c(c2)CCO3)no1)C(N)c1ccccc1. The molecular formula is C19H19N3O2. The third kappa shape index (κ3) is 2.67. The lowest BCUT2D eigenvalue weighted by molar-refractivity contribution is 0.344. The molecule has 0 fully saturated rings. The Morgan fingerprint density at radius 1 is 1.12 bits per heavy atom. The molecule has 4 rings (SSSR count). The van der Waals surface area contributed by atoms with Crippen LogP contribution in [0.15, 0.2) is 53.1 Å². The lowest BCUT2D eigenvalue weighted by atomic mass is 9.95. The molecule has 2 aromatic carbocycles. The Labute approximate surface area is 140 Å². The van der Waals surface area contributed by atoms with Crippen LogP contribution in [-0.4, -0.2) is 16.7 Å². The van der Waals surface area contributed by atoms with E-state index in [1.165, 1.54) is 5.56 Å². The Kier molecular flexibility index (Phi) is 3.78. The molecule has 0 saturated heterocycles. The summed E-state index contributed by atoms with van der Waals surface area (Å²) in [6.45, 7) is 2.74. The van der Waals surface area contributed by atoms with E-state index in [0.29, 0.717) is 11.7 Å². The highest BCUT2D eigenvalue weighted by Gasteiger charge is 2.23. The number of aromatic nitrogens is 2. The first kappa shape index (κ1) is 14.9. The molecule has 0 amide bonds. The highest BCUT2D eigenvalue weighted by Crippen LogP contribution is 2.31. The number of rotatable bonds is 4. The minimum Gasteiger partial charge on any atom is -0.493 e. The third-order valence-electron chi connectivity index (χ3n) is 4.50. The van der Waals surface area contributed by atoms with Crippen molar-refractivity contribution in [1.29, 1.82) is 0 Å². The fourth-order valence-electron chi connectivity index (χ4n) is 2.98. The van der Waals surface area contributed by atoms with Gasteiger partial charge < -0.3 is 15.0 Å². The van der Waals surface area contributed by atoms with Crippen molar-refractivity contribution in [1.82, 2.24) is 10.1 Å². The van der Waals surface area contributed by atoms with E-state index < -0.39 is 0 Å². The molecule has 0 saturated carbocycles. The average molecular weight is 321 g/mol. The predicted molar refractivity (Wildman–Crippen MR) is 90.7 cm³/mol. The van der Waals surface area contributed by atoms with Gasteiger partial charge in [-0.1, -0.05) is 42.4 Å². The lowest BCUT2D eigenvalue weighted by Crippen LogP contribution is -2.17. The molecule has 5 heteroatoms. The number of nitrogens with two attached hydrogens (primary N) is 1. The van der Waals surface area contributed by atoms with E-state index in [1.807, 2.05) is 49.4 Å². The summed E-state index contributed by atoms with van der Waals surface area (Å²) in [5, 5.41) is 4.13. The summed E-state index contributed by atoms with van der Waals surface area (Å²) in [6, 6.07) is 15.8. The molecule has 3 aromatic rings. The normalized spacial score (nSPS) is 15.6. The monoisotopic (exact) mass is 321 g/mol. The summed E-state index contributed by atoms with van der Waals surface area (Å²) < 4.78 is 11.0. The topological polar surface area (TPSA) is 74.2 Å². The van der Waals surface area contributed by atoms with Gasteiger partial charge in [-0.3, -0.25) is 0 Å². The molecule has 2 heterocycles. The molecule has 1 aromatic heterocycles. The van der Waals surface area contributed by atoms with E-state index >= 15 is 0 Å². The van der Waals surface area contributed by atoms with Crippen molar-refractivity contribution in [2.24, 2.45) is 5.73 Å². The third-order valence-corrected chi connectivity index (χ3v) is 4.50. The van der Waals surface area contributed by atoms with Crippen LogP contribution in [0.5, 0.6) is 5.75 Å². The van der Waals surface area contributed by atoms with Gasteiger partial charge in [0, 0.05) is 18.0 Å². The molecule has 24 heavy (non-hydrogen) atoms. The minimum atomic E-state index is -0.187. The molecule has 0 bridgehead atoms. The molecule has 2 unspecified atom stereocenters. The zero-order valence-corrected chi connectivity index (χ0v) is 13.5. The van der Waals surface area contributed by atoms with Crippen LogP contribution >= 0.6 is 0 Å². The van der Waals surface area contributed by atoms with Crippen molar-refractivity contribution in [3.63, 3.8) is 0 Å². The van der Waals surface area contributed by atoms with E-state index in [0.717, 1.165) is 29.9 Å². The lowest BCUT2D eigenvalue weighted by Gasteiger charge is -2.16. The minimum absolute atomic E-state index is 0.0635. The van der Waals surface area contributed by atoms with Crippen LogP contribution < -0.4 is 10.5 Å². The summed E-state index contributed by atoms with van der Waals surface area (Å²) >= 11 is 0. The molecule has 1 aliphatic heterocycles. The Morgan fingerprint density at radius 2 is 1.96 bits per heavy atom. The van der Waals surface area contributed by atoms with Gasteiger partial charge in [-0.2, -0.15) is 4.98 Å². The van der Waals surface area contributed by atoms with Crippen LogP contribution in [0.3, 0.4) is 0 Å². The van der Waals surface area contributed by atoms with Gasteiger partial charge in [0.2, 0.25) is 11.7 Å². The molecule has 0 radical (unpaired) electrons. The Hall–Kier alpha value is -2.66. The number of hydrogen-bond donors (Lipinski definition) is 1. The van der Waals surface area contributed by atoms with E-state index in [-0.39, 0.29) is 12.0 Å². The first-order valence-corrected chi connectivity index (χ1v) is 8.12. The van der Waals surface area contributed by atoms with E-state index in [9.17, 15) is 0 Å². The van der Waals surface area contributed by atoms with Crippen molar-refractivity contribution in [2.45, 2.75) is 25.3 Å². The smallest absolute Gasteiger partial charge is 0.231 e. The van der Waals surface area contributed by atoms with Gasteiger partial charge in [0.1, 0.15) is 5.75 Å². The molecule has 122 valence electrons. The summed E-state index contributed by atoms with van der Waals surface area (Å²) in [6.07, 6.45) is 0.920. The van der Waals surface area contributed by atoms with E-state index in [4.69, 9.17) is 15.0 Å². The molecule has 2 N–H and O–H groups in total. The maximum absolute atomic E-state index is 6.35. The Balaban J connectivity index is 1.58. The first-order chi connectivity index (χ1) is 11.7. The highest BCUT2D eigenvalue weighted by molar-refractivity contribution is 5.59. The zero-order chi connectivity index (χ0) is 16.5. The maximum atomic E-state index is 6.35. The summed E-state index contributed by atoms with van der Waals surface area (Å²) in [5.74, 6) is 2.03. The van der Waals surface area contributed by atoms with Crippen LogP contribution in [0, 0.1) is 0 Å². The zero-order valence-electron chi connectivity index (χ0n) is 13.5. The van der Waals surface area contributed by atoms with Gasteiger partial charge in [0.25, 0.3) is 0 Å². The fraction of sp³-hybridized carbons (Fsp3) is 0.263. The largest absolute Gasteiger partial charge is 0.493 e. The number of nitrogens with zero attached hydrogens (tertiary/aromatic N) is 2. The van der Waals surface area contributed by atoms with E-state index in [1.54, 1.807) is 0 Å². The first-order valence-electron chi connectivity index (χ1n) is 8.12. The van der Waals surface area contributed by atoms with Crippen molar-refractivity contribution in [2.75, 3.05) is 6.61 Å². The van der Waals surface area contributed by atoms with Crippen LogP contribution in [0.25, 0.3) is 11.4 Å². The number of ether oxygens (including phenoxy) is 1. The van der Waals surface area contributed by atoms with Gasteiger partial charge in [-0.05, 0) is 29.3 Å². The van der Waals surface area contributed by atoms with Gasteiger partial charge >= 0.3 is 0 Å². The van der Waals surface area contributed by atoms with Crippen molar-refractivity contribution >= 4 is 0 Å².